The van der Waals surface area contributed by atoms with Crippen LogP contribution in [0.25, 0.3) is 0 Å². The van der Waals surface area contributed by atoms with Gasteiger partial charge in [0.15, 0.2) is 0 Å². The molecule has 106 valence electrons. The standard InChI is InChI=1S/C13H14N2O4S/c1-7-11(20-6-14-7)12(16)15(3)5-9-4-10(13(17)18)8(2)19-9/h4,6H,5H2,1-3H3,(H,17,18). The van der Waals surface area contributed by atoms with Gasteiger partial charge in [0.25, 0.3) is 5.91 Å². The topological polar surface area (TPSA) is 83.6 Å². The first kappa shape index (κ1) is 14.3. The van der Waals surface area contributed by atoms with Crippen LogP contribution in [0, 0.1) is 13.8 Å². The third-order valence-corrected chi connectivity index (χ3v) is 3.80. The summed E-state index contributed by atoms with van der Waals surface area (Å²) in [4.78, 5) is 29.2. The molecule has 0 aliphatic rings. The molecule has 0 saturated heterocycles. The van der Waals surface area contributed by atoms with Gasteiger partial charge in [0.2, 0.25) is 0 Å². The number of amides is 1. The highest BCUT2D eigenvalue weighted by Gasteiger charge is 2.20. The number of carboxylic acids is 1. The van der Waals surface area contributed by atoms with Gasteiger partial charge in [-0.1, -0.05) is 0 Å². The Hall–Kier alpha value is -2.15. The highest BCUT2D eigenvalue weighted by Crippen LogP contribution is 2.19. The first-order valence-electron chi connectivity index (χ1n) is 5.88. The molecule has 0 radical (unpaired) electrons. The SMILES string of the molecule is Cc1ncsc1C(=O)N(C)Cc1cc(C(=O)O)c(C)o1. The maximum absolute atomic E-state index is 12.2. The van der Waals surface area contributed by atoms with E-state index in [4.69, 9.17) is 9.52 Å². The van der Waals surface area contributed by atoms with Crippen LogP contribution >= 0.6 is 11.3 Å². The molecule has 2 rings (SSSR count). The Morgan fingerprint density at radius 1 is 1.45 bits per heavy atom. The van der Waals surface area contributed by atoms with E-state index in [2.05, 4.69) is 4.98 Å². The van der Waals surface area contributed by atoms with Crippen LogP contribution in [0.1, 0.15) is 37.2 Å². The molecule has 0 aromatic carbocycles. The summed E-state index contributed by atoms with van der Waals surface area (Å²) in [6.07, 6.45) is 0. The van der Waals surface area contributed by atoms with Crippen molar-refractivity contribution in [1.29, 1.82) is 0 Å². The van der Waals surface area contributed by atoms with E-state index in [0.29, 0.717) is 22.1 Å². The van der Waals surface area contributed by atoms with Crippen molar-refractivity contribution in [3.05, 3.63) is 39.2 Å². The Morgan fingerprint density at radius 2 is 2.15 bits per heavy atom. The molecule has 0 atom stereocenters. The van der Waals surface area contributed by atoms with Crippen molar-refractivity contribution in [2.75, 3.05) is 7.05 Å². The first-order valence-corrected chi connectivity index (χ1v) is 6.76. The van der Waals surface area contributed by atoms with Crippen LogP contribution in [0.2, 0.25) is 0 Å². The molecule has 0 saturated carbocycles. The number of carboxylic acid groups (broad SMARTS) is 1. The van der Waals surface area contributed by atoms with Gasteiger partial charge in [-0.2, -0.15) is 0 Å². The molecule has 0 bridgehead atoms. The lowest BCUT2D eigenvalue weighted by molar-refractivity contribution is 0.0694. The second-order valence-corrected chi connectivity index (χ2v) is 5.27. The van der Waals surface area contributed by atoms with Gasteiger partial charge in [-0.15, -0.1) is 11.3 Å². The van der Waals surface area contributed by atoms with E-state index in [1.165, 1.54) is 22.3 Å². The van der Waals surface area contributed by atoms with Crippen LogP contribution in [0.3, 0.4) is 0 Å². The summed E-state index contributed by atoms with van der Waals surface area (Å²) in [5.74, 6) is -0.416. The summed E-state index contributed by atoms with van der Waals surface area (Å²) in [6, 6.07) is 1.45. The van der Waals surface area contributed by atoms with Crippen molar-refractivity contribution in [3.8, 4) is 0 Å². The van der Waals surface area contributed by atoms with Gasteiger partial charge >= 0.3 is 5.97 Å². The fraction of sp³-hybridized carbons (Fsp3) is 0.308. The zero-order valence-electron chi connectivity index (χ0n) is 11.3. The van der Waals surface area contributed by atoms with Crippen molar-refractivity contribution in [2.24, 2.45) is 0 Å². The number of hydrogen-bond donors (Lipinski definition) is 1. The van der Waals surface area contributed by atoms with Gasteiger partial charge in [-0.05, 0) is 19.9 Å². The number of thiazole rings is 1. The lowest BCUT2D eigenvalue weighted by Gasteiger charge is -2.14. The van der Waals surface area contributed by atoms with Crippen molar-refractivity contribution < 1.29 is 19.1 Å². The number of rotatable bonds is 4. The predicted molar refractivity (Wildman–Crippen MR) is 73.1 cm³/mol. The molecule has 1 N–H and O–H groups in total. The zero-order valence-corrected chi connectivity index (χ0v) is 12.2. The molecule has 0 fully saturated rings. The Labute approximate surface area is 119 Å². The van der Waals surface area contributed by atoms with Crippen LogP contribution in [-0.2, 0) is 6.54 Å². The molecular formula is C13H14N2O4S. The quantitative estimate of drug-likeness (QED) is 0.935. The summed E-state index contributed by atoms with van der Waals surface area (Å²) >= 11 is 1.28. The van der Waals surface area contributed by atoms with Crippen LogP contribution in [0.5, 0.6) is 0 Å². The number of hydrogen-bond acceptors (Lipinski definition) is 5. The Bertz CT molecular complexity index is 659. The Kier molecular flexibility index (Phi) is 3.89. The maximum atomic E-state index is 12.2. The second kappa shape index (κ2) is 5.46. The van der Waals surface area contributed by atoms with Gasteiger partial charge in [0.1, 0.15) is 22.0 Å². The molecule has 0 aliphatic heterocycles. The van der Waals surface area contributed by atoms with E-state index in [9.17, 15) is 9.59 Å². The van der Waals surface area contributed by atoms with E-state index in [1.54, 1.807) is 26.4 Å². The molecule has 2 aromatic heterocycles. The molecule has 6 nitrogen and oxygen atoms in total. The van der Waals surface area contributed by atoms with Crippen molar-refractivity contribution in [3.63, 3.8) is 0 Å². The largest absolute Gasteiger partial charge is 0.478 e. The number of aromatic nitrogens is 1. The lowest BCUT2D eigenvalue weighted by atomic mass is 10.2. The van der Waals surface area contributed by atoms with Crippen LogP contribution in [-0.4, -0.2) is 33.9 Å². The average Bonchev–Trinajstić information content (AvgIpc) is 2.94. The predicted octanol–water partition coefficient (Wildman–Crippen LogP) is 2.32. The number of aromatic carboxylic acids is 1. The molecule has 20 heavy (non-hydrogen) atoms. The minimum Gasteiger partial charge on any atom is -0.478 e. The monoisotopic (exact) mass is 294 g/mol. The van der Waals surface area contributed by atoms with Crippen LogP contribution in [0.15, 0.2) is 16.0 Å². The normalized spacial score (nSPS) is 10.6. The molecule has 1 amide bonds. The van der Waals surface area contributed by atoms with Gasteiger partial charge in [0.05, 0.1) is 17.7 Å². The fourth-order valence-corrected chi connectivity index (χ4v) is 2.62. The van der Waals surface area contributed by atoms with Gasteiger partial charge < -0.3 is 14.4 Å². The van der Waals surface area contributed by atoms with Gasteiger partial charge in [-0.3, -0.25) is 4.79 Å². The zero-order chi connectivity index (χ0) is 14.9. The number of nitrogens with zero attached hydrogens (tertiary/aromatic N) is 2. The van der Waals surface area contributed by atoms with Crippen LogP contribution < -0.4 is 0 Å². The molecule has 2 aromatic rings. The molecule has 0 unspecified atom stereocenters. The molecule has 7 heteroatoms. The summed E-state index contributed by atoms with van der Waals surface area (Å²) in [7, 11) is 1.64. The van der Waals surface area contributed by atoms with E-state index in [0.717, 1.165) is 0 Å². The number of furan rings is 1. The smallest absolute Gasteiger partial charge is 0.339 e. The summed E-state index contributed by atoms with van der Waals surface area (Å²) < 4.78 is 5.36. The van der Waals surface area contributed by atoms with E-state index in [-0.39, 0.29) is 18.0 Å². The van der Waals surface area contributed by atoms with Crippen molar-refractivity contribution >= 4 is 23.2 Å². The second-order valence-electron chi connectivity index (χ2n) is 4.42. The summed E-state index contributed by atoms with van der Waals surface area (Å²) in [5, 5.41) is 8.96. The van der Waals surface area contributed by atoms with Crippen molar-refractivity contribution in [1.82, 2.24) is 9.88 Å². The highest BCUT2D eigenvalue weighted by atomic mass is 32.1. The van der Waals surface area contributed by atoms with Gasteiger partial charge in [0, 0.05) is 7.05 Å². The minimum atomic E-state index is -1.04. The Balaban J connectivity index is 2.14. The molecule has 0 aliphatic carbocycles. The lowest BCUT2D eigenvalue weighted by Crippen LogP contribution is -2.25. The average molecular weight is 294 g/mol. The summed E-state index contributed by atoms with van der Waals surface area (Å²) in [6.45, 7) is 3.57. The van der Waals surface area contributed by atoms with Gasteiger partial charge in [-0.25, -0.2) is 9.78 Å². The highest BCUT2D eigenvalue weighted by molar-refractivity contribution is 7.11. The summed E-state index contributed by atoms with van der Waals surface area (Å²) in [5.41, 5.74) is 2.43. The number of carbonyl (C=O) groups is 2. The molecular weight excluding hydrogens is 280 g/mol. The molecule has 2 heterocycles. The minimum absolute atomic E-state index is 0.120. The van der Waals surface area contributed by atoms with Crippen molar-refractivity contribution in [2.45, 2.75) is 20.4 Å². The number of aryl methyl sites for hydroxylation is 2. The Morgan fingerprint density at radius 3 is 2.65 bits per heavy atom. The first-order chi connectivity index (χ1) is 9.40. The number of carbonyl (C=O) groups excluding carboxylic acids is 1. The van der Waals surface area contributed by atoms with E-state index < -0.39 is 5.97 Å². The molecule has 0 spiro atoms. The third kappa shape index (κ3) is 2.72. The maximum Gasteiger partial charge on any atom is 0.339 e. The van der Waals surface area contributed by atoms with E-state index >= 15 is 0 Å². The fourth-order valence-electron chi connectivity index (χ4n) is 1.82. The van der Waals surface area contributed by atoms with Crippen LogP contribution in [0.4, 0.5) is 0 Å². The third-order valence-electron chi connectivity index (χ3n) is 2.88. The van der Waals surface area contributed by atoms with E-state index in [1.807, 2.05) is 0 Å².